The molecule has 0 spiro atoms. The SMILES string of the molecule is O=c1[nH]c(=O)n([C@H]2C[C@H](O)[C@@H](CO)O2)c[c]1[Hg+].O[C@H](C[S-])[C@H](O)CS. The van der Waals surface area contributed by atoms with Crippen LogP contribution in [-0.2, 0) is 43.5 Å². The summed E-state index contributed by atoms with van der Waals surface area (Å²) in [5, 5.41) is 36.0. The van der Waals surface area contributed by atoms with E-state index in [1.807, 2.05) is 0 Å². The molecule has 25 heavy (non-hydrogen) atoms. The molecule has 1 fully saturated rings. The largest absolute Gasteiger partial charge is 0.790 e. The van der Waals surface area contributed by atoms with Crippen LogP contribution in [0.2, 0.25) is 0 Å². The quantitative estimate of drug-likeness (QED) is 0.120. The zero-order chi connectivity index (χ0) is 19.1. The summed E-state index contributed by atoms with van der Waals surface area (Å²) < 4.78 is 7.19. The third kappa shape index (κ3) is 6.65. The number of ether oxygens (including phenoxy) is 1. The van der Waals surface area contributed by atoms with Gasteiger partial charge in [0.25, 0.3) is 0 Å². The normalized spacial score (nSPS) is 25.2. The standard InChI is InChI=1S/C9H11N2O5.C4H10O2S2.Hg/c12-4-6-5(13)3-8(16-6)11-2-1-7(14)10-9(11)15;5-3(1-7)4(6)2-8;/h2,5-6,8,12-13H,3-4H2,(H,10,14,15);3-8H,1-2H2;/q;;+1/p-1/t5-,6+,8+;3-,4-;/m01./s1. The molecule has 2 rings (SSSR count). The van der Waals surface area contributed by atoms with E-state index in [9.17, 15) is 14.7 Å². The Morgan fingerprint density at radius 3 is 2.52 bits per heavy atom. The van der Waals surface area contributed by atoms with Crippen LogP contribution in [0.5, 0.6) is 0 Å². The second kappa shape index (κ2) is 11.1. The van der Waals surface area contributed by atoms with Crippen molar-refractivity contribution in [3.63, 3.8) is 0 Å². The van der Waals surface area contributed by atoms with E-state index in [4.69, 9.17) is 20.1 Å². The topological polar surface area (TPSA) is 145 Å². The first kappa shape index (κ1) is 23.2. The van der Waals surface area contributed by atoms with Crippen LogP contribution >= 0.6 is 12.6 Å². The number of nitrogens with zero attached hydrogens (tertiary/aromatic N) is 1. The van der Waals surface area contributed by atoms with Crippen LogP contribution in [0.15, 0.2) is 15.8 Å². The maximum atomic E-state index is 11.6. The molecule has 0 amide bonds. The summed E-state index contributed by atoms with van der Waals surface area (Å²) in [6, 6.07) is 0. The summed E-state index contributed by atoms with van der Waals surface area (Å²) >= 11 is 8.32. The zero-order valence-corrected chi connectivity index (χ0v) is 20.5. The van der Waals surface area contributed by atoms with E-state index < -0.39 is 36.3 Å². The third-order valence-corrected chi connectivity index (χ3v) is 6.21. The van der Waals surface area contributed by atoms with Crippen molar-refractivity contribution in [3.05, 3.63) is 27.0 Å². The molecule has 5 atom stereocenters. The number of thiol groups is 1. The van der Waals surface area contributed by atoms with Crippen LogP contribution in [0.4, 0.5) is 0 Å². The van der Waals surface area contributed by atoms with Gasteiger partial charge in [-0.25, -0.2) is 0 Å². The van der Waals surface area contributed by atoms with Crippen LogP contribution in [0, 0.1) is 0 Å². The molecule has 0 bridgehead atoms. The number of hydrogen-bond donors (Lipinski definition) is 6. The summed E-state index contributed by atoms with van der Waals surface area (Å²) in [4.78, 5) is 25.0. The van der Waals surface area contributed by atoms with Gasteiger partial charge in [0.15, 0.2) is 0 Å². The van der Waals surface area contributed by atoms with Gasteiger partial charge in [0.1, 0.15) is 0 Å². The molecule has 0 saturated carbocycles. The fourth-order valence-electron chi connectivity index (χ4n) is 2.02. The number of H-pyrrole nitrogens is 1. The van der Waals surface area contributed by atoms with Crippen molar-refractivity contribution >= 4 is 28.3 Å². The number of aromatic nitrogens is 2. The maximum Gasteiger partial charge on any atom is 0.0867 e. The Balaban J connectivity index is 0.000000333. The average Bonchev–Trinajstić information content (AvgIpc) is 2.97. The molecule has 1 aliphatic rings. The summed E-state index contributed by atoms with van der Waals surface area (Å²) in [5.41, 5.74) is -0.910. The van der Waals surface area contributed by atoms with Gasteiger partial charge in [-0.1, -0.05) is 0 Å². The summed E-state index contributed by atoms with van der Waals surface area (Å²) in [6.45, 7) is -0.299. The van der Waals surface area contributed by atoms with E-state index in [1.54, 1.807) is 0 Å². The van der Waals surface area contributed by atoms with Crippen LogP contribution in [0.3, 0.4) is 0 Å². The van der Waals surface area contributed by atoms with Crippen LogP contribution in [-0.4, -0.2) is 72.5 Å². The van der Waals surface area contributed by atoms with Gasteiger partial charge in [-0.3, -0.25) is 0 Å². The molecule has 1 aromatic heterocycles. The Morgan fingerprint density at radius 1 is 1.44 bits per heavy atom. The Hall–Kier alpha value is 0.115. The first-order valence-electron chi connectivity index (χ1n) is 7.42. The summed E-state index contributed by atoms with van der Waals surface area (Å²) in [7, 11) is 0. The van der Waals surface area contributed by atoms with Crippen molar-refractivity contribution in [2.45, 2.75) is 37.1 Å². The molecule has 0 unspecified atom stereocenters. The molecular weight excluding hydrogens is 561 g/mol. The fourth-order valence-corrected chi connectivity index (χ4v) is 3.60. The predicted molar refractivity (Wildman–Crippen MR) is 90.7 cm³/mol. The van der Waals surface area contributed by atoms with Gasteiger partial charge in [-0.15, -0.1) is 5.75 Å². The van der Waals surface area contributed by atoms with Crippen molar-refractivity contribution in [1.29, 1.82) is 0 Å². The first-order chi connectivity index (χ1) is 11.7. The molecular formula is C13H20HgN2O7S2. The minimum atomic E-state index is -0.800. The number of nitrogens with one attached hydrogen (secondary N) is 1. The second-order valence-electron chi connectivity index (χ2n) is 5.42. The Morgan fingerprint density at radius 2 is 2.08 bits per heavy atom. The molecule has 2 heterocycles. The zero-order valence-electron chi connectivity index (χ0n) is 13.3. The number of aliphatic hydroxyl groups is 4. The Kier molecular flexibility index (Phi) is 10.3. The molecule has 12 heteroatoms. The maximum absolute atomic E-state index is 11.6. The van der Waals surface area contributed by atoms with Crippen LogP contribution < -0.4 is 14.3 Å². The van der Waals surface area contributed by atoms with Gasteiger partial charge < -0.3 is 22.8 Å². The number of hydrogen-bond acceptors (Lipinski definition) is 9. The van der Waals surface area contributed by atoms with Crippen molar-refractivity contribution in [2.75, 3.05) is 18.1 Å². The first-order valence-corrected chi connectivity index (χ1v) is 11.4. The molecule has 9 nitrogen and oxygen atoms in total. The number of rotatable bonds is 5. The molecule has 1 saturated heterocycles. The minimum absolute atomic E-state index is 0.0895. The Bertz CT molecular complexity index is 648. The van der Waals surface area contributed by atoms with Crippen molar-refractivity contribution in [2.24, 2.45) is 0 Å². The van der Waals surface area contributed by atoms with Gasteiger partial charge in [0.2, 0.25) is 0 Å². The van der Waals surface area contributed by atoms with Crippen molar-refractivity contribution in [1.82, 2.24) is 9.55 Å². The van der Waals surface area contributed by atoms with Gasteiger partial charge in [-0.05, 0) is 0 Å². The molecule has 5 N–H and O–H groups in total. The van der Waals surface area contributed by atoms with Gasteiger partial charge >= 0.3 is 112 Å². The monoisotopic (exact) mass is 582 g/mol. The Labute approximate surface area is 170 Å². The van der Waals surface area contributed by atoms with E-state index >= 15 is 0 Å². The molecule has 1 aliphatic heterocycles. The average molecular weight is 581 g/mol. The van der Waals surface area contributed by atoms with Gasteiger partial charge in [0.05, 0.1) is 12.2 Å². The van der Waals surface area contributed by atoms with E-state index in [1.165, 1.54) is 10.8 Å². The van der Waals surface area contributed by atoms with Crippen molar-refractivity contribution < 1.29 is 51.3 Å². The fraction of sp³-hybridized carbons (Fsp3) is 0.692. The van der Waals surface area contributed by atoms with E-state index in [0.29, 0.717) is 3.07 Å². The summed E-state index contributed by atoms with van der Waals surface area (Å²) in [5.74, 6) is 0.430. The van der Waals surface area contributed by atoms with Gasteiger partial charge in [0, 0.05) is 5.75 Å². The number of aliphatic hydroxyl groups excluding tert-OH is 4. The second-order valence-corrected chi connectivity index (χ2v) is 9.08. The molecule has 0 aliphatic carbocycles. The number of aromatic amines is 1. The molecule has 0 radical (unpaired) electrons. The van der Waals surface area contributed by atoms with Crippen LogP contribution in [0.1, 0.15) is 12.6 Å². The van der Waals surface area contributed by atoms with Crippen LogP contribution in [0.25, 0.3) is 0 Å². The molecule has 1 aromatic rings. The van der Waals surface area contributed by atoms with E-state index in [2.05, 4.69) is 30.2 Å². The predicted octanol–water partition coefficient (Wildman–Crippen LogP) is -3.47. The smallest absolute Gasteiger partial charge is 0.0867 e. The van der Waals surface area contributed by atoms with Gasteiger partial charge in [-0.2, -0.15) is 12.6 Å². The molecule has 0 aromatic carbocycles. The van der Waals surface area contributed by atoms with E-state index in [-0.39, 0.29) is 56.2 Å². The molecule has 138 valence electrons. The summed E-state index contributed by atoms with van der Waals surface area (Å²) in [6.07, 6.45) is -1.97. The third-order valence-electron chi connectivity index (χ3n) is 3.54. The van der Waals surface area contributed by atoms with E-state index in [0.717, 1.165) is 0 Å². The minimum Gasteiger partial charge on any atom is -0.790 e. The van der Waals surface area contributed by atoms with Crippen molar-refractivity contribution in [3.8, 4) is 0 Å².